The van der Waals surface area contributed by atoms with Crippen LogP contribution in [0.15, 0.2) is 42.7 Å². The zero-order valence-corrected chi connectivity index (χ0v) is 10.3. The van der Waals surface area contributed by atoms with E-state index in [-0.39, 0.29) is 0 Å². The largest absolute Gasteiger partial charge is 0.464 e. The van der Waals surface area contributed by atoms with Crippen molar-refractivity contribution in [2.24, 2.45) is 0 Å². The molecule has 0 atom stereocenters. The minimum Gasteiger partial charge on any atom is -0.464 e. The summed E-state index contributed by atoms with van der Waals surface area (Å²) in [6, 6.07) is 11.1. The van der Waals surface area contributed by atoms with E-state index < -0.39 is 5.60 Å². The molecule has 0 N–H and O–H groups in total. The topological polar surface area (TPSA) is 58.8 Å². The molecule has 0 saturated heterocycles. The van der Waals surface area contributed by atoms with Crippen molar-refractivity contribution in [2.45, 2.75) is 19.4 Å². The molecule has 2 heterocycles. The summed E-state index contributed by atoms with van der Waals surface area (Å²) in [7, 11) is 0. The predicted octanol–water partition coefficient (Wildman–Crippen LogP) is 2.66. The van der Waals surface area contributed by atoms with E-state index in [9.17, 15) is 0 Å². The molecule has 0 aliphatic rings. The molecule has 2 rings (SSSR count). The summed E-state index contributed by atoms with van der Waals surface area (Å²) in [5, 5.41) is 9.00. The second-order valence-corrected chi connectivity index (χ2v) is 4.30. The Labute approximate surface area is 106 Å². The average molecular weight is 239 g/mol. The number of nitrogens with zero attached hydrogens (tertiary/aromatic N) is 3. The molecule has 18 heavy (non-hydrogen) atoms. The van der Waals surface area contributed by atoms with Gasteiger partial charge in [-0.05, 0) is 38.1 Å². The fourth-order valence-electron chi connectivity index (χ4n) is 1.57. The van der Waals surface area contributed by atoms with Crippen LogP contribution in [0.25, 0.3) is 0 Å². The van der Waals surface area contributed by atoms with E-state index in [0.29, 0.717) is 11.4 Å². The van der Waals surface area contributed by atoms with Gasteiger partial charge in [-0.1, -0.05) is 6.07 Å². The predicted molar refractivity (Wildman–Crippen MR) is 66.8 cm³/mol. The minimum atomic E-state index is -0.638. The first-order valence-corrected chi connectivity index (χ1v) is 5.59. The Morgan fingerprint density at radius 1 is 1.11 bits per heavy atom. The zero-order valence-electron chi connectivity index (χ0n) is 10.3. The minimum absolute atomic E-state index is 0.329. The third-order valence-corrected chi connectivity index (χ3v) is 2.53. The van der Waals surface area contributed by atoms with Crippen LogP contribution in [0.2, 0.25) is 0 Å². The Morgan fingerprint density at radius 3 is 2.56 bits per heavy atom. The molecule has 0 fully saturated rings. The van der Waals surface area contributed by atoms with Gasteiger partial charge in [0.1, 0.15) is 17.2 Å². The molecular formula is C14H13N3O. The van der Waals surface area contributed by atoms with Crippen LogP contribution in [0.4, 0.5) is 0 Å². The van der Waals surface area contributed by atoms with Crippen molar-refractivity contribution in [1.82, 2.24) is 9.97 Å². The second kappa shape index (κ2) is 4.84. The lowest BCUT2D eigenvalue weighted by Gasteiger charge is -2.25. The molecule has 2 aromatic rings. The highest BCUT2D eigenvalue weighted by Gasteiger charge is 2.25. The van der Waals surface area contributed by atoms with Crippen molar-refractivity contribution in [3.05, 3.63) is 54.0 Å². The summed E-state index contributed by atoms with van der Waals surface area (Å²) in [6.07, 6.45) is 3.31. The molecule has 0 bridgehead atoms. The summed E-state index contributed by atoms with van der Waals surface area (Å²) in [4.78, 5) is 8.35. The van der Waals surface area contributed by atoms with Gasteiger partial charge in [0.05, 0.1) is 5.69 Å². The van der Waals surface area contributed by atoms with E-state index in [2.05, 4.69) is 16.0 Å². The Morgan fingerprint density at radius 2 is 1.89 bits per heavy atom. The fraction of sp³-hybridized carbons (Fsp3) is 0.214. The molecule has 2 aromatic heterocycles. The number of nitriles is 1. The van der Waals surface area contributed by atoms with Crippen molar-refractivity contribution < 1.29 is 4.74 Å². The van der Waals surface area contributed by atoms with Crippen molar-refractivity contribution in [1.29, 1.82) is 5.26 Å². The second-order valence-electron chi connectivity index (χ2n) is 4.30. The molecule has 0 aliphatic carbocycles. The highest BCUT2D eigenvalue weighted by atomic mass is 16.5. The van der Waals surface area contributed by atoms with Crippen LogP contribution in [-0.4, -0.2) is 9.97 Å². The van der Waals surface area contributed by atoms with Crippen molar-refractivity contribution in [3.63, 3.8) is 0 Å². The third kappa shape index (κ3) is 2.46. The molecule has 0 aromatic carbocycles. The molecule has 0 aliphatic heterocycles. The summed E-state index contributed by atoms with van der Waals surface area (Å²) in [5.41, 5.74) is 0.572. The number of aromatic nitrogens is 2. The molecule has 0 amide bonds. The van der Waals surface area contributed by atoms with Gasteiger partial charge in [-0.2, -0.15) is 5.26 Å². The van der Waals surface area contributed by atoms with E-state index in [1.54, 1.807) is 24.5 Å². The highest BCUT2D eigenvalue weighted by molar-refractivity contribution is 5.37. The van der Waals surface area contributed by atoms with E-state index in [1.165, 1.54) is 0 Å². The third-order valence-electron chi connectivity index (χ3n) is 2.53. The SMILES string of the molecule is CC(C)(Oc1ncccc1C#N)c1ccccn1. The van der Waals surface area contributed by atoms with Gasteiger partial charge in [0, 0.05) is 12.4 Å². The van der Waals surface area contributed by atoms with Crippen molar-refractivity contribution in [2.75, 3.05) is 0 Å². The Kier molecular flexibility index (Phi) is 3.24. The molecule has 0 radical (unpaired) electrons. The summed E-state index contributed by atoms with van der Waals surface area (Å²) in [6.45, 7) is 3.79. The monoisotopic (exact) mass is 239 g/mol. The van der Waals surface area contributed by atoms with E-state index in [1.807, 2.05) is 32.0 Å². The van der Waals surface area contributed by atoms with Crippen LogP contribution < -0.4 is 4.74 Å². The first-order valence-electron chi connectivity index (χ1n) is 5.59. The van der Waals surface area contributed by atoms with Crippen LogP contribution in [0.1, 0.15) is 25.1 Å². The number of rotatable bonds is 3. The Hall–Kier alpha value is -2.41. The molecule has 4 nitrogen and oxygen atoms in total. The van der Waals surface area contributed by atoms with Gasteiger partial charge < -0.3 is 4.74 Å². The first kappa shape index (κ1) is 12.1. The lowest BCUT2D eigenvalue weighted by atomic mass is 10.0. The Bertz CT molecular complexity index is 573. The summed E-state index contributed by atoms with van der Waals surface area (Å²) in [5.74, 6) is 0.329. The number of pyridine rings is 2. The van der Waals surface area contributed by atoms with Gasteiger partial charge in [-0.25, -0.2) is 4.98 Å². The van der Waals surface area contributed by atoms with Gasteiger partial charge >= 0.3 is 0 Å². The quantitative estimate of drug-likeness (QED) is 0.826. The molecule has 90 valence electrons. The summed E-state index contributed by atoms with van der Waals surface area (Å²) < 4.78 is 5.81. The van der Waals surface area contributed by atoms with Gasteiger partial charge in [0.15, 0.2) is 0 Å². The number of hydrogen-bond acceptors (Lipinski definition) is 4. The number of hydrogen-bond donors (Lipinski definition) is 0. The first-order chi connectivity index (χ1) is 8.63. The van der Waals surface area contributed by atoms with Gasteiger partial charge in [0.25, 0.3) is 0 Å². The zero-order chi connectivity index (χ0) is 13.0. The van der Waals surface area contributed by atoms with Gasteiger partial charge in [-0.15, -0.1) is 0 Å². The van der Waals surface area contributed by atoms with Crippen LogP contribution in [0, 0.1) is 11.3 Å². The molecule has 0 unspecified atom stereocenters. The van der Waals surface area contributed by atoms with Gasteiger partial charge in [-0.3, -0.25) is 4.98 Å². The van der Waals surface area contributed by atoms with Crippen LogP contribution in [0.3, 0.4) is 0 Å². The maximum atomic E-state index is 9.00. The normalized spacial score (nSPS) is 10.7. The molecular weight excluding hydrogens is 226 g/mol. The molecule has 4 heteroatoms. The van der Waals surface area contributed by atoms with Crippen molar-refractivity contribution in [3.8, 4) is 11.9 Å². The fourth-order valence-corrected chi connectivity index (χ4v) is 1.57. The number of ether oxygens (including phenoxy) is 1. The van der Waals surface area contributed by atoms with Crippen molar-refractivity contribution >= 4 is 0 Å². The smallest absolute Gasteiger partial charge is 0.232 e. The lowest BCUT2D eigenvalue weighted by Crippen LogP contribution is -2.27. The molecule has 0 saturated carbocycles. The average Bonchev–Trinajstić information content (AvgIpc) is 2.40. The maximum absolute atomic E-state index is 9.00. The van der Waals surface area contributed by atoms with Gasteiger partial charge in [0.2, 0.25) is 5.88 Å². The van der Waals surface area contributed by atoms with E-state index >= 15 is 0 Å². The lowest BCUT2D eigenvalue weighted by molar-refractivity contribution is 0.0969. The standard InChI is InChI=1S/C14H13N3O/c1-14(2,12-7-3-4-8-16-12)18-13-11(10-15)6-5-9-17-13/h3-9H,1-2H3. The van der Waals surface area contributed by atoms with Crippen LogP contribution >= 0.6 is 0 Å². The maximum Gasteiger partial charge on any atom is 0.232 e. The highest BCUT2D eigenvalue weighted by Crippen LogP contribution is 2.26. The summed E-state index contributed by atoms with van der Waals surface area (Å²) >= 11 is 0. The molecule has 0 spiro atoms. The van der Waals surface area contributed by atoms with Crippen LogP contribution in [0.5, 0.6) is 5.88 Å². The Balaban J connectivity index is 2.31. The van der Waals surface area contributed by atoms with E-state index in [0.717, 1.165) is 5.69 Å². The van der Waals surface area contributed by atoms with Crippen LogP contribution in [-0.2, 0) is 5.60 Å². The van der Waals surface area contributed by atoms with E-state index in [4.69, 9.17) is 10.00 Å².